The number of hydrogen-bond acceptors (Lipinski definition) is 4. The van der Waals surface area contributed by atoms with Crippen molar-refractivity contribution >= 4 is 17.6 Å². The van der Waals surface area contributed by atoms with E-state index in [1.165, 1.54) is 26.4 Å². The number of ether oxygens (including phenoxy) is 2. The fraction of sp³-hybridized carbons (Fsp3) is 0.263. The molecule has 1 amide bonds. The fourth-order valence-corrected chi connectivity index (χ4v) is 2.64. The van der Waals surface area contributed by atoms with Gasteiger partial charge in [-0.25, -0.2) is 4.79 Å². The Hall–Kier alpha value is -3.02. The van der Waals surface area contributed by atoms with E-state index in [2.05, 4.69) is 5.32 Å². The van der Waals surface area contributed by atoms with E-state index < -0.39 is 5.97 Å². The van der Waals surface area contributed by atoms with Crippen molar-refractivity contribution in [2.75, 3.05) is 19.5 Å². The Morgan fingerprint density at radius 3 is 2.20 bits per heavy atom. The van der Waals surface area contributed by atoms with Crippen molar-refractivity contribution in [1.82, 2.24) is 0 Å². The molecule has 0 aliphatic carbocycles. The second-order valence-corrected chi connectivity index (χ2v) is 5.42. The van der Waals surface area contributed by atoms with Crippen LogP contribution in [0.3, 0.4) is 0 Å². The van der Waals surface area contributed by atoms with E-state index in [0.717, 1.165) is 5.56 Å². The maximum Gasteiger partial charge on any atom is 0.337 e. The SMILES string of the molecule is CC[C@H](C(=O)Nc1cc(OC)c(OC)cc1C(=O)O)c1ccccc1. The molecular weight excluding hydrogens is 322 g/mol. The van der Waals surface area contributed by atoms with Crippen LogP contribution in [-0.2, 0) is 4.79 Å². The number of hydrogen-bond donors (Lipinski definition) is 2. The van der Waals surface area contributed by atoms with Crippen molar-refractivity contribution in [1.29, 1.82) is 0 Å². The minimum Gasteiger partial charge on any atom is -0.493 e. The summed E-state index contributed by atoms with van der Waals surface area (Å²) in [4.78, 5) is 24.2. The number of carboxylic acid groups (broad SMARTS) is 1. The van der Waals surface area contributed by atoms with Gasteiger partial charge in [0, 0.05) is 12.1 Å². The zero-order valence-electron chi connectivity index (χ0n) is 14.4. The molecule has 0 aromatic heterocycles. The molecule has 0 aliphatic heterocycles. The maximum atomic E-state index is 12.7. The fourth-order valence-electron chi connectivity index (χ4n) is 2.64. The van der Waals surface area contributed by atoms with Crippen LogP contribution in [0, 0.1) is 0 Å². The number of anilines is 1. The van der Waals surface area contributed by atoms with Gasteiger partial charge in [-0.1, -0.05) is 37.3 Å². The second kappa shape index (κ2) is 8.19. The molecule has 0 aliphatic rings. The molecule has 132 valence electrons. The van der Waals surface area contributed by atoms with Crippen LogP contribution < -0.4 is 14.8 Å². The molecule has 0 spiro atoms. The van der Waals surface area contributed by atoms with Gasteiger partial charge in [0.15, 0.2) is 11.5 Å². The van der Waals surface area contributed by atoms with Crippen LogP contribution in [-0.4, -0.2) is 31.2 Å². The average molecular weight is 343 g/mol. The number of aromatic carboxylic acids is 1. The third-order valence-corrected chi connectivity index (χ3v) is 3.94. The molecule has 25 heavy (non-hydrogen) atoms. The highest BCUT2D eigenvalue weighted by Crippen LogP contribution is 2.34. The Balaban J connectivity index is 2.37. The van der Waals surface area contributed by atoms with Crippen molar-refractivity contribution in [2.45, 2.75) is 19.3 Å². The lowest BCUT2D eigenvalue weighted by Gasteiger charge is -2.18. The third kappa shape index (κ3) is 4.09. The maximum absolute atomic E-state index is 12.7. The molecule has 2 rings (SSSR count). The molecule has 2 aromatic rings. The van der Waals surface area contributed by atoms with Crippen LogP contribution in [0.25, 0.3) is 0 Å². The van der Waals surface area contributed by atoms with Gasteiger partial charge in [-0.05, 0) is 12.0 Å². The first-order chi connectivity index (χ1) is 12.0. The topological polar surface area (TPSA) is 84.9 Å². The van der Waals surface area contributed by atoms with Crippen LogP contribution >= 0.6 is 0 Å². The highest BCUT2D eigenvalue weighted by molar-refractivity contribution is 6.03. The van der Waals surface area contributed by atoms with Crippen molar-refractivity contribution in [2.24, 2.45) is 0 Å². The first-order valence-electron chi connectivity index (χ1n) is 7.86. The van der Waals surface area contributed by atoms with E-state index in [9.17, 15) is 14.7 Å². The second-order valence-electron chi connectivity index (χ2n) is 5.42. The van der Waals surface area contributed by atoms with Gasteiger partial charge in [0.1, 0.15) is 0 Å². The molecule has 0 heterocycles. The Morgan fingerprint density at radius 1 is 1.08 bits per heavy atom. The summed E-state index contributed by atoms with van der Waals surface area (Å²) in [6.07, 6.45) is 0.589. The van der Waals surface area contributed by atoms with Crippen LogP contribution in [0.5, 0.6) is 11.5 Å². The predicted octanol–water partition coefficient (Wildman–Crippen LogP) is 3.53. The number of amides is 1. The molecule has 1 atom stereocenters. The number of rotatable bonds is 7. The Labute approximate surface area is 146 Å². The number of carbonyl (C=O) groups excluding carboxylic acids is 1. The van der Waals surface area contributed by atoms with Crippen molar-refractivity contribution in [3.63, 3.8) is 0 Å². The van der Waals surface area contributed by atoms with Gasteiger partial charge < -0.3 is 19.9 Å². The first-order valence-corrected chi connectivity index (χ1v) is 7.86. The molecule has 2 N–H and O–H groups in total. The number of carbonyl (C=O) groups is 2. The van der Waals surface area contributed by atoms with E-state index in [1.54, 1.807) is 0 Å². The zero-order valence-corrected chi connectivity index (χ0v) is 14.4. The van der Waals surface area contributed by atoms with Crippen molar-refractivity contribution in [3.05, 3.63) is 53.6 Å². The van der Waals surface area contributed by atoms with Crippen LogP contribution in [0.15, 0.2) is 42.5 Å². The van der Waals surface area contributed by atoms with E-state index in [1.807, 2.05) is 37.3 Å². The van der Waals surface area contributed by atoms with E-state index in [-0.39, 0.29) is 28.8 Å². The number of benzene rings is 2. The molecule has 0 radical (unpaired) electrons. The lowest BCUT2D eigenvalue weighted by molar-refractivity contribution is -0.117. The van der Waals surface area contributed by atoms with Gasteiger partial charge in [-0.15, -0.1) is 0 Å². The molecule has 0 unspecified atom stereocenters. The van der Waals surface area contributed by atoms with E-state index >= 15 is 0 Å². The van der Waals surface area contributed by atoms with Crippen LogP contribution in [0.1, 0.15) is 35.2 Å². The largest absolute Gasteiger partial charge is 0.493 e. The lowest BCUT2D eigenvalue weighted by Crippen LogP contribution is -2.22. The van der Waals surface area contributed by atoms with Gasteiger partial charge in [0.25, 0.3) is 0 Å². The normalized spacial score (nSPS) is 11.5. The third-order valence-electron chi connectivity index (χ3n) is 3.94. The minimum absolute atomic E-state index is 0.0612. The number of nitrogens with one attached hydrogen (secondary N) is 1. The summed E-state index contributed by atoms with van der Waals surface area (Å²) in [7, 11) is 2.87. The molecule has 2 aromatic carbocycles. The minimum atomic E-state index is -1.16. The molecule has 0 fully saturated rings. The summed E-state index contributed by atoms with van der Waals surface area (Å²) in [6.45, 7) is 1.91. The van der Waals surface area contributed by atoms with E-state index in [0.29, 0.717) is 12.2 Å². The van der Waals surface area contributed by atoms with Crippen molar-refractivity contribution < 1.29 is 24.2 Å². The van der Waals surface area contributed by atoms with Gasteiger partial charge in [0.2, 0.25) is 5.91 Å². The Kier molecular flexibility index (Phi) is 6.00. The summed E-state index contributed by atoms with van der Waals surface area (Å²) in [5.74, 6) is -1.19. The highest BCUT2D eigenvalue weighted by Gasteiger charge is 2.22. The molecule has 0 saturated heterocycles. The smallest absolute Gasteiger partial charge is 0.337 e. The molecular formula is C19H21NO5. The molecule has 0 saturated carbocycles. The molecule has 6 heteroatoms. The van der Waals surface area contributed by atoms with Gasteiger partial charge >= 0.3 is 5.97 Å². The summed E-state index contributed by atoms with van der Waals surface area (Å²) in [5, 5.41) is 12.1. The number of methoxy groups -OCH3 is 2. The lowest BCUT2D eigenvalue weighted by atomic mass is 9.95. The average Bonchev–Trinajstić information content (AvgIpc) is 2.62. The first kappa shape index (κ1) is 18.3. The van der Waals surface area contributed by atoms with Crippen LogP contribution in [0.2, 0.25) is 0 Å². The summed E-state index contributed by atoms with van der Waals surface area (Å²) in [5.41, 5.74) is 0.985. The Bertz CT molecular complexity index is 758. The summed E-state index contributed by atoms with van der Waals surface area (Å²) < 4.78 is 10.3. The van der Waals surface area contributed by atoms with E-state index in [4.69, 9.17) is 9.47 Å². The summed E-state index contributed by atoms with van der Waals surface area (Å²) in [6, 6.07) is 12.2. The standard InChI is InChI=1S/C19H21NO5/c1-4-13(12-8-6-5-7-9-12)18(21)20-15-11-17(25-3)16(24-2)10-14(15)19(22)23/h5-11,13H,4H2,1-3H3,(H,20,21)(H,22,23)/t13-/m0/s1. The van der Waals surface area contributed by atoms with Gasteiger partial charge in [-0.3, -0.25) is 4.79 Å². The zero-order chi connectivity index (χ0) is 18.4. The van der Waals surface area contributed by atoms with Gasteiger partial charge in [0.05, 0.1) is 31.4 Å². The van der Waals surface area contributed by atoms with Crippen molar-refractivity contribution in [3.8, 4) is 11.5 Å². The molecule has 0 bridgehead atoms. The summed E-state index contributed by atoms with van der Waals surface area (Å²) >= 11 is 0. The quantitative estimate of drug-likeness (QED) is 0.803. The van der Waals surface area contributed by atoms with Gasteiger partial charge in [-0.2, -0.15) is 0 Å². The predicted molar refractivity (Wildman–Crippen MR) is 94.6 cm³/mol. The molecule has 6 nitrogen and oxygen atoms in total. The number of carboxylic acids is 1. The Morgan fingerprint density at radius 2 is 1.68 bits per heavy atom. The van der Waals surface area contributed by atoms with Crippen LogP contribution in [0.4, 0.5) is 5.69 Å². The highest BCUT2D eigenvalue weighted by atomic mass is 16.5. The monoisotopic (exact) mass is 343 g/mol.